The van der Waals surface area contributed by atoms with Crippen LogP contribution in [0.2, 0.25) is 0 Å². The molecule has 2 heterocycles. The minimum atomic E-state index is 0.112. The first-order valence-electron chi connectivity index (χ1n) is 4.02. The number of methoxy groups -OCH3 is 1. The fraction of sp³-hybridized carbons (Fsp3) is 0.750. The van der Waals surface area contributed by atoms with E-state index in [9.17, 15) is 0 Å². The van der Waals surface area contributed by atoms with Gasteiger partial charge in [0.2, 0.25) is 0 Å². The van der Waals surface area contributed by atoms with Crippen LogP contribution in [0.4, 0.5) is 0 Å². The zero-order chi connectivity index (χ0) is 7.68. The highest BCUT2D eigenvalue weighted by molar-refractivity contribution is 5.19. The van der Waals surface area contributed by atoms with Gasteiger partial charge in [-0.15, -0.1) is 0 Å². The second kappa shape index (κ2) is 2.83. The third-order valence-electron chi connectivity index (χ3n) is 2.24. The predicted octanol–water partition coefficient (Wildman–Crippen LogP) is 0.627. The van der Waals surface area contributed by atoms with Crippen molar-refractivity contribution >= 4 is 0 Å². The van der Waals surface area contributed by atoms with Gasteiger partial charge in [-0.3, -0.25) is 5.32 Å². The van der Waals surface area contributed by atoms with E-state index < -0.39 is 0 Å². The second-order valence-corrected chi connectivity index (χ2v) is 2.87. The summed E-state index contributed by atoms with van der Waals surface area (Å²) in [7, 11) is 1.73. The summed E-state index contributed by atoms with van der Waals surface area (Å²) in [5.74, 6) is 1.16. The molecule has 0 radical (unpaired) electrons. The molecule has 62 valence electrons. The van der Waals surface area contributed by atoms with Crippen LogP contribution in [0.25, 0.3) is 0 Å². The zero-order valence-electron chi connectivity index (χ0n) is 6.72. The number of rotatable bonds is 1. The van der Waals surface area contributed by atoms with Gasteiger partial charge in [-0.05, 0) is 0 Å². The Morgan fingerprint density at radius 3 is 3.27 bits per heavy atom. The van der Waals surface area contributed by atoms with Crippen molar-refractivity contribution in [1.29, 1.82) is 0 Å². The predicted molar refractivity (Wildman–Crippen MR) is 41.0 cm³/mol. The van der Waals surface area contributed by atoms with E-state index in [0.29, 0.717) is 0 Å². The van der Waals surface area contributed by atoms with Crippen molar-refractivity contribution in [2.45, 2.75) is 19.1 Å². The maximum absolute atomic E-state index is 5.45. The van der Waals surface area contributed by atoms with Crippen LogP contribution in [-0.2, 0) is 9.47 Å². The van der Waals surface area contributed by atoms with Gasteiger partial charge in [0.25, 0.3) is 0 Å². The Morgan fingerprint density at radius 2 is 2.45 bits per heavy atom. The topological polar surface area (TPSA) is 30.5 Å². The lowest BCUT2D eigenvalue weighted by Crippen LogP contribution is -2.36. The molecule has 3 heteroatoms. The van der Waals surface area contributed by atoms with Crippen LogP contribution < -0.4 is 5.32 Å². The van der Waals surface area contributed by atoms with Crippen molar-refractivity contribution in [1.82, 2.24) is 5.32 Å². The van der Waals surface area contributed by atoms with Gasteiger partial charge in [0.05, 0.1) is 6.61 Å². The summed E-state index contributed by atoms with van der Waals surface area (Å²) >= 11 is 0. The molecule has 0 aromatic heterocycles. The quantitative estimate of drug-likeness (QED) is 0.602. The maximum atomic E-state index is 5.45. The standard InChI is InChI=1S/C8H13NO2/c1-10-8-6-3-5-11-7(6)2-4-9-8/h8-9H,2-5H2,1H3. The van der Waals surface area contributed by atoms with Crippen molar-refractivity contribution < 1.29 is 9.47 Å². The summed E-state index contributed by atoms with van der Waals surface area (Å²) in [5, 5.41) is 3.28. The van der Waals surface area contributed by atoms with Gasteiger partial charge in [0.1, 0.15) is 12.0 Å². The Kier molecular flexibility index (Phi) is 1.84. The molecule has 0 aromatic carbocycles. The van der Waals surface area contributed by atoms with Gasteiger partial charge in [0.15, 0.2) is 0 Å². The minimum absolute atomic E-state index is 0.112. The summed E-state index contributed by atoms with van der Waals surface area (Å²) in [4.78, 5) is 0. The van der Waals surface area contributed by atoms with E-state index in [1.807, 2.05) is 0 Å². The Hall–Kier alpha value is -0.540. The number of hydrogen-bond acceptors (Lipinski definition) is 3. The molecule has 0 amide bonds. The lowest BCUT2D eigenvalue weighted by molar-refractivity contribution is 0.0933. The van der Waals surface area contributed by atoms with Gasteiger partial charge in [-0.1, -0.05) is 0 Å². The molecule has 11 heavy (non-hydrogen) atoms. The summed E-state index contributed by atoms with van der Waals surface area (Å²) in [5.41, 5.74) is 1.32. The monoisotopic (exact) mass is 155 g/mol. The second-order valence-electron chi connectivity index (χ2n) is 2.87. The molecule has 1 unspecified atom stereocenters. The van der Waals surface area contributed by atoms with Gasteiger partial charge < -0.3 is 9.47 Å². The Balaban J connectivity index is 2.17. The van der Waals surface area contributed by atoms with E-state index in [2.05, 4.69) is 5.32 Å². The first-order chi connectivity index (χ1) is 5.42. The minimum Gasteiger partial charge on any atom is -0.497 e. The molecule has 0 bridgehead atoms. The van der Waals surface area contributed by atoms with Crippen molar-refractivity contribution in [2.24, 2.45) is 0 Å². The molecule has 2 aliphatic heterocycles. The van der Waals surface area contributed by atoms with Crippen LogP contribution >= 0.6 is 0 Å². The molecule has 3 nitrogen and oxygen atoms in total. The van der Waals surface area contributed by atoms with E-state index in [0.717, 1.165) is 31.8 Å². The number of hydrogen-bond donors (Lipinski definition) is 1. The van der Waals surface area contributed by atoms with E-state index >= 15 is 0 Å². The Bertz CT molecular complexity index is 189. The highest BCUT2D eigenvalue weighted by Crippen LogP contribution is 2.27. The van der Waals surface area contributed by atoms with Crippen LogP contribution in [0.5, 0.6) is 0 Å². The highest BCUT2D eigenvalue weighted by atomic mass is 16.5. The molecule has 1 atom stereocenters. The first-order valence-corrected chi connectivity index (χ1v) is 4.02. The normalized spacial score (nSPS) is 30.1. The average Bonchev–Trinajstić information content (AvgIpc) is 2.50. The van der Waals surface area contributed by atoms with Gasteiger partial charge in [-0.2, -0.15) is 0 Å². The maximum Gasteiger partial charge on any atom is 0.133 e. The molecule has 1 N–H and O–H groups in total. The fourth-order valence-corrected chi connectivity index (χ4v) is 1.69. The molecular weight excluding hydrogens is 142 g/mol. The molecule has 2 aliphatic rings. The highest BCUT2D eigenvalue weighted by Gasteiger charge is 2.26. The molecular formula is C8H13NO2. The third-order valence-corrected chi connectivity index (χ3v) is 2.24. The molecule has 0 fully saturated rings. The third kappa shape index (κ3) is 1.14. The Labute approximate surface area is 66.4 Å². The first kappa shape index (κ1) is 7.13. The van der Waals surface area contributed by atoms with Crippen molar-refractivity contribution in [3.05, 3.63) is 11.3 Å². The SMILES string of the molecule is COC1NCCC2=C1CCO2. The molecule has 2 rings (SSSR count). The lowest BCUT2D eigenvalue weighted by atomic mass is 10.1. The molecule has 0 aliphatic carbocycles. The summed E-state index contributed by atoms with van der Waals surface area (Å²) in [6.45, 7) is 1.81. The van der Waals surface area contributed by atoms with Crippen LogP contribution in [0, 0.1) is 0 Å². The number of nitrogens with one attached hydrogen (secondary N) is 1. The lowest BCUT2D eigenvalue weighted by Gasteiger charge is -2.23. The van der Waals surface area contributed by atoms with Crippen LogP contribution in [0.15, 0.2) is 11.3 Å². The van der Waals surface area contributed by atoms with Crippen molar-refractivity contribution in [3.63, 3.8) is 0 Å². The zero-order valence-corrected chi connectivity index (χ0v) is 6.72. The molecule has 0 spiro atoms. The van der Waals surface area contributed by atoms with E-state index in [4.69, 9.17) is 9.47 Å². The van der Waals surface area contributed by atoms with Crippen molar-refractivity contribution in [3.8, 4) is 0 Å². The average molecular weight is 155 g/mol. The largest absolute Gasteiger partial charge is 0.497 e. The van der Waals surface area contributed by atoms with Crippen molar-refractivity contribution in [2.75, 3.05) is 20.3 Å². The van der Waals surface area contributed by atoms with E-state index in [-0.39, 0.29) is 6.23 Å². The van der Waals surface area contributed by atoms with Crippen LogP contribution in [-0.4, -0.2) is 26.5 Å². The summed E-state index contributed by atoms with van der Waals surface area (Å²) < 4.78 is 10.7. The van der Waals surface area contributed by atoms with E-state index in [1.54, 1.807) is 7.11 Å². The van der Waals surface area contributed by atoms with Gasteiger partial charge in [-0.25, -0.2) is 0 Å². The van der Waals surface area contributed by atoms with Gasteiger partial charge in [0, 0.05) is 32.1 Å². The van der Waals surface area contributed by atoms with Crippen LogP contribution in [0.3, 0.4) is 0 Å². The smallest absolute Gasteiger partial charge is 0.133 e. The Morgan fingerprint density at radius 1 is 1.55 bits per heavy atom. The van der Waals surface area contributed by atoms with Gasteiger partial charge >= 0.3 is 0 Å². The molecule has 0 saturated carbocycles. The van der Waals surface area contributed by atoms with E-state index in [1.165, 1.54) is 5.57 Å². The summed E-state index contributed by atoms with van der Waals surface area (Å²) in [6, 6.07) is 0. The molecule has 0 aromatic rings. The van der Waals surface area contributed by atoms with Crippen LogP contribution in [0.1, 0.15) is 12.8 Å². The summed E-state index contributed by atoms with van der Waals surface area (Å²) in [6.07, 6.45) is 2.16. The fourth-order valence-electron chi connectivity index (χ4n) is 1.69. The number of ether oxygens (including phenoxy) is 2. The molecule has 0 saturated heterocycles.